The predicted octanol–water partition coefficient (Wildman–Crippen LogP) is 4.11. The van der Waals surface area contributed by atoms with E-state index < -0.39 is 0 Å². The Hall–Kier alpha value is -2.45. The minimum absolute atomic E-state index is 0.00456. The van der Waals surface area contributed by atoms with Crippen molar-refractivity contribution in [3.8, 4) is 21.6 Å². The maximum atomic E-state index is 9.78. The van der Waals surface area contributed by atoms with E-state index in [1.807, 2.05) is 18.2 Å². The molecule has 0 radical (unpaired) electrons. The van der Waals surface area contributed by atoms with E-state index in [4.69, 9.17) is 4.98 Å². The van der Waals surface area contributed by atoms with Crippen LogP contribution in [0.25, 0.3) is 10.1 Å². The monoisotopic (exact) mass is 474 g/mol. The number of thioether (sulfide) groups is 1. The molecule has 2 aromatic heterocycles. The molecule has 9 heteroatoms. The molecule has 28 heavy (non-hydrogen) atoms. The van der Waals surface area contributed by atoms with Crippen LogP contribution in [-0.4, -0.2) is 46.1 Å². The summed E-state index contributed by atoms with van der Waals surface area (Å²) in [5, 5.41) is 27.8. The van der Waals surface area contributed by atoms with Crippen LogP contribution in [0.2, 0.25) is 0 Å². The van der Waals surface area contributed by atoms with Gasteiger partial charge in [0.1, 0.15) is 5.75 Å². The molecule has 0 saturated carbocycles. The predicted molar refractivity (Wildman–Crippen MR) is 113 cm³/mol. The van der Waals surface area contributed by atoms with Gasteiger partial charge >= 0.3 is 165 Å². The second-order valence-electron chi connectivity index (χ2n) is 5.65. The molecule has 0 aliphatic carbocycles. The van der Waals surface area contributed by atoms with Crippen molar-refractivity contribution in [2.75, 3.05) is 0 Å². The number of phenolic OH excluding ortho intramolecular Hbond substituents is 2. The third-order valence-electron chi connectivity index (χ3n) is 3.64. The molecule has 0 fully saturated rings. The molecule has 0 aliphatic heterocycles. The SMILES string of the molecule is Oc1ccc(C=Nc2nnc(SCc3c[se]c(-c4ccccc4)n3)s2)c(O)c1. The number of phenols is 2. The first-order valence-electron chi connectivity index (χ1n) is 8.19. The summed E-state index contributed by atoms with van der Waals surface area (Å²) in [6, 6.07) is 14.6. The summed E-state index contributed by atoms with van der Waals surface area (Å²) in [5.74, 6) is 0.713. The summed E-state index contributed by atoms with van der Waals surface area (Å²) < 4.78 is 1.97. The van der Waals surface area contributed by atoms with Crippen LogP contribution in [0.15, 0.2) is 62.8 Å². The van der Waals surface area contributed by atoms with Crippen LogP contribution >= 0.6 is 23.1 Å². The van der Waals surface area contributed by atoms with E-state index in [1.54, 1.807) is 17.8 Å². The first-order chi connectivity index (χ1) is 13.7. The molecule has 140 valence electrons. The third kappa shape index (κ3) is 4.69. The number of benzene rings is 2. The quantitative estimate of drug-likeness (QED) is 0.249. The molecule has 0 saturated heterocycles. The van der Waals surface area contributed by atoms with Crippen LogP contribution in [0.1, 0.15) is 11.3 Å². The van der Waals surface area contributed by atoms with Gasteiger partial charge in [-0.05, 0) is 0 Å². The number of aliphatic imine (C=N–C) groups is 1. The molecule has 0 amide bonds. The maximum absolute atomic E-state index is 9.78. The fraction of sp³-hybridized carbons (Fsp3) is 0.0526. The number of aromatic nitrogens is 3. The van der Waals surface area contributed by atoms with E-state index in [0.717, 1.165) is 20.4 Å². The van der Waals surface area contributed by atoms with Gasteiger partial charge in [0, 0.05) is 0 Å². The van der Waals surface area contributed by atoms with Crippen molar-refractivity contribution in [2.24, 2.45) is 4.99 Å². The van der Waals surface area contributed by atoms with Crippen LogP contribution in [-0.2, 0) is 5.75 Å². The van der Waals surface area contributed by atoms with Gasteiger partial charge in [0.15, 0.2) is 0 Å². The number of aromatic hydroxyl groups is 2. The van der Waals surface area contributed by atoms with E-state index in [1.165, 1.54) is 35.2 Å². The van der Waals surface area contributed by atoms with Gasteiger partial charge in [0.2, 0.25) is 0 Å². The molecule has 2 aromatic carbocycles. The molecule has 0 aliphatic rings. The Morgan fingerprint density at radius 1 is 1.11 bits per heavy atom. The first-order valence-corrected chi connectivity index (χ1v) is 11.8. The van der Waals surface area contributed by atoms with E-state index >= 15 is 0 Å². The van der Waals surface area contributed by atoms with Gasteiger partial charge < -0.3 is 5.11 Å². The molecule has 4 aromatic rings. The minimum atomic E-state index is -0.0370. The zero-order chi connectivity index (χ0) is 19.3. The van der Waals surface area contributed by atoms with Crippen LogP contribution < -0.4 is 0 Å². The van der Waals surface area contributed by atoms with Gasteiger partial charge in [-0.15, -0.1) is 0 Å². The van der Waals surface area contributed by atoms with Crippen molar-refractivity contribution in [2.45, 2.75) is 10.1 Å². The molecule has 6 nitrogen and oxygen atoms in total. The van der Waals surface area contributed by atoms with Crippen LogP contribution in [0, 0.1) is 0 Å². The molecular formula is C19H14N4O2S2Se. The molecule has 2 N–H and O–H groups in total. The summed E-state index contributed by atoms with van der Waals surface area (Å²) in [6.07, 6.45) is 1.50. The molecule has 0 atom stereocenters. The average Bonchev–Trinajstić information content (AvgIpc) is 3.36. The Kier molecular flexibility index (Phi) is 5.87. The van der Waals surface area contributed by atoms with Crippen molar-refractivity contribution in [3.05, 3.63) is 64.7 Å². The number of rotatable bonds is 6. The van der Waals surface area contributed by atoms with Crippen LogP contribution in [0.4, 0.5) is 5.13 Å². The zero-order valence-electron chi connectivity index (χ0n) is 14.4. The zero-order valence-corrected chi connectivity index (χ0v) is 17.7. The summed E-state index contributed by atoms with van der Waals surface area (Å²) in [5.41, 5.74) is 2.75. The normalized spacial score (nSPS) is 11.3. The van der Waals surface area contributed by atoms with Gasteiger partial charge in [-0.3, -0.25) is 0 Å². The Bertz CT molecular complexity index is 1110. The van der Waals surface area contributed by atoms with Crippen molar-refractivity contribution < 1.29 is 10.2 Å². The van der Waals surface area contributed by atoms with E-state index in [-0.39, 0.29) is 26.0 Å². The number of hydrogen-bond donors (Lipinski definition) is 2. The van der Waals surface area contributed by atoms with Crippen molar-refractivity contribution in [1.29, 1.82) is 0 Å². The molecule has 4 rings (SSSR count). The van der Waals surface area contributed by atoms with Gasteiger partial charge in [-0.1, -0.05) is 0 Å². The average molecular weight is 473 g/mol. The fourth-order valence-corrected chi connectivity index (χ4v) is 5.85. The Morgan fingerprint density at radius 3 is 2.79 bits per heavy atom. The second kappa shape index (κ2) is 8.70. The standard InChI is InChI=1S/C19H14N4O2S2Se/c24-15-7-6-13(16(25)8-15)9-20-18-22-23-19(27-18)26-10-14-11-28-17(21-14)12-4-2-1-3-5-12/h1-9,11,24-25H,10H2. The topological polar surface area (TPSA) is 91.5 Å². The summed E-state index contributed by atoms with van der Waals surface area (Å²) in [4.78, 5) is 11.2. The van der Waals surface area contributed by atoms with Crippen LogP contribution in [0.5, 0.6) is 11.5 Å². The Morgan fingerprint density at radius 2 is 1.96 bits per heavy atom. The Labute approximate surface area is 175 Å². The van der Waals surface area contributed by atoms with Crippen LogP contribution in [0.3, 0.4) is 0 Å². The summed E-state index contributed by atoms with van der Waals surface area (Å²) in [7, 11) is 0. The van der Waals surface area contributed by atoms with Gasteiger partial charge in [-0.25, -0.2) is 0 Å². The van der Waals surface area contributed by atoms with Gasteiger partial charge in [0.25, 0.3) is 0 Å². The van der Waals surface area contributed by atoms with Gasteiger partial charge in [-0.2, -0.15) is 0 Å². The molecule has 2 heterocycles. The van der Waals surface area contributed by atoms with Crippen molar-refractivity contribution in [1.82, 2.24) is 15.2 Å². The van der Waals surface area contributed by atoms with Gasteiger partial charge in [0.05, 0.1) is 0 Å². The van der Waals surface area contributed by atoms with E-state index in [2.05, 4.69) is 32.3 Å². The summed E-state index contributed by atoms with van der Waals surface area (Å²) >= 11 is 3.23. The third-order valence-corrected chi connectivity index (χ3v) is 7.61. The fourth-order valence-electron chi connectivity index (χ4n) is 2.30. The van der Waals surface area contributed by atoms with Crippen molar-refractivity contribution in [3.63, 3.8) is 0 Å². The molecule has 0 bridgehead atoms. The molecular weight excluding hydrogens is 459 g/mol. The van der Waals surface area contributed by atoms with E-state index in [9.17, 15) is 10.2 Å². The summed E-state index contributed by atoms with van der Waals surface area (Å²) in [6.45, 7) is 0. The Balaban J connectivity index is 1.37. The molecule has 0 spiro atoms. The molecule has 0 unspecified atom stereocenters. The van der Waals surface area contributed by atoms with E-state index in [0.29, 0.717) is 10.7 Å². The van der Waals surface area contributed by atoms with Crippen molar-refractivity contribution >= 4 is 48.9 Å². The first kappa shape index (κ1) is 18.9. The number of hydrogen-bond acceptors (Lipinski definition) is 8. The number of nitrogens with zero attached hydrogens (tertiary/aromatic N) is 4. The second-order valence-corrected chi connectivity index (χ2v) is 9.63.